The van der Waals surface area contributed by atoms with Crippen LogP contribution in [0.5, 0.6) is 5.75 Å². The van der Waals surface area contributed by atoms with Crippen molar-refractivity contribution in [2.24, 2.45) is 0 Å². The Balaban J connectivity index is 0.000000509. The van der Waals surface area contributed by atoms with Gasteiger partial charge in [-0.05, 0) is 61.8 Å². The highest BCUT2D eigenvalue weighted by Gasteiger charge is 2.10. The molecule has 8 heteroatoms. The zero-order valence-electron chi connectivity index (χ0n) is 18.1. The minimum atomic E-state index is -0.261. The lowest BCUT2D eigenvalue weighted by molar-refractivity contribution is 0.416. The van der Waals surface area contributed by atoms with E-state index in [1.807, 2.05) is 30.3 Å². The molecule has 3 aromatic rings. The van der Waals surface area contributed by atoms with Gasteiger partial charge in [-0.15, -0.1) is 12.6 Å². The average molecular weight is 471 g/mol. The minimum absolute atomic E-state index is 0.261. The van der Waals surface area contributed by atoms with Crippen molar-refractivity contribution in [2.45, 2.75) is 17.7 Å². The lowest BCUT2D eigenvalue weighted by atomic mass is 10.2. The fourth-order valence-corrected chi connectivity index (χ4v) is 3.54. The van der Waals surface area contributed by atoms with E-state index in [0.717, 1.165) is 11.3 Å². The van der Waals surface area contributed by atoms with Crippen LogP contribution in [0.25, 0.3) is 17.8 Å². The smallest absolute Gasteiger partial charge is 0.271 e. The van der Waals surface area contributed by atoms with Crippen LogP contribution >= 0.6 is 24.2 Å². The van der Waals surface area contributed by atoms with E-state index in [-0.39, 0.29) is 10.5 Å². The summed E-state index contributed by atoms with van der Waals surface area (Å²) in [5.74, 6) is 0.634. The molecule has 0 saturated carbocycles. The Bertz CT molecular complexity index is 1120. The second-order valence-corrected chi connectivity index (χ2v) is 8.01. The summed E-state index contributed by atoms with van der Waals surface area (Å²) in [4.78, 5) is 17.4. The van der Waals surface area contributed by atoms with Crippen molar-refractivity contribution >= 4 is 42.1 Å². The molecule has 6 nitrogen and oxygen atoms in total. The topological polar surface area (TPSA) is 68.2 Å². The van der Waals surface area contributed by atoms with Gasteiger partial charge in [0.2, 0.25) is 0 Å². The van der Waals surface area contributed by atoms with E-state index in [4.69, 9.17) is 16.3 Å². The van der Waals surface area contributed by atoms with Crippen LogP contribution in [0.3, 0.4) is 0 Å². The van der Waals surface area contributed by atoms with E-state index in [9.17, 15) is 4.79 Å². The molecule has 32 heavy (non-hydrogen) atoms. The van der Waals surface area contributed by atoms with Crippen molar-refractivity contribution in [3.8, 4) is 11.4 Å². The zero-order chi connectivity index (χ0) is 22.9. The number of methoxy groups -OCH3 is 1. The third kappa shape index (κ3) is 6.16. The predicted molar refractivity (Wildman–Crippen MR) is 136 cm³/mol. The fourth-order valence-electron chi connectivity index (χ4n) is 3.17. The molecule has 1 aromatic heterocycles. The molecular weight excluding hydrogens is 444 g/mol. The lowest BCUT2D eigenvalue weighted by Gasteiger charge is -2.12. The molecule has 0 amide bonds. The number of thiol groups is 1. The Morgan fingerprint density at radius 2 is 1.88 bits per heavy atom. The van der Waals surface area contributed by atoms with Gasteiger partial charge in [0.25, 0.3) is 5.56 Å². The molecule has 168 valence electrons. The zero-order valence-corrected chi connectivity index (χ0v) is 19.8. The third-order valence-corrected chi connectivity index (χ3v) is 5.64. The molecule has 2 N–H and O–H groups in total. The van der Waals surface area contributed by atoms with Gasteiger partial charge in [-0.2, -0.15) is 0 Å². The quantitative estimate of drug-likeness (QED) is 0.469. The van der Waals surface area contributed by atoms with Crippen LogP contribution in [0.15, 0.2) is 58.5 Å². The van der Waals surface area contributed by atoms with Crippen LogP contribution in [0.1, 0.15) is 24.1 Å². The first-order chi connectivity index (χ1) is 15.5. The van der Waals surface area contributed by atoms with Gasteiger partial charge >= 0.3 is 0 Å². The first kappa shape index (κ1) is 23.9. The van der Waals surface area contributed by atoms with Crippen LogP contribution in [0.4, 0.5) is 5.69 Å². The largest absolute Gasteiger partial charge is 0.495 e. The van der Waals surface area contributed by atoms with E-state index in [1.165, 1.54) is 36.8 Å². The van der Waals surface area contributed by atoms with Crippen LogP contribution < -0.4 is 20.9 Å². The van der Waals surface area contributed by atoms with Crippen molar-refractivity contribution in [2.75, 3.05) is 32.6 Å². The lowest BCUT2D eigenvalue weighted by Crippen LogP contribution is -2.20. The Morgan fingerprint density at radius 3 is 2.47 bits per heavy atom. The highest BCUT2D eigenvalue weighted by Crippen LogP contribution is 2.26. The van der Waals surface area contributed by atoms with Gasteiger partial charge in [0.05, 0.1) is 29.1 Å². The average Bonchev–Trinajstić information content (AvgIpc) is 3.41. The summed E-state index contributed by atoms with van der Waals surface area (Å²) < 4.78 is 6.78. The van der Waals surface area contributed by atoms with E-state index in [0.29, 0.717) is 22.2 Å². The number of nitrogens with one attached hydrogen (secondary N) is 2. The molecule has 0 spiro atoms. The number of rotatable bonds is 5. The monoisotopic (exact) mass is 470 g/mol. The highest BCUT2D eigenvalue weighted by molar-refractivity contribution is 7.80. The van der Waals surface area contributed by atoms with Gasteiger partial charge < -0.3 is 15.4 Å². The maximum Gasteiger partial charge on any atom is 0.271 e. The van der Waals surface area contributed by atoms with Gasteiger partial charge in [0, 0.05) is 18.1 Å². The molecule has 0 radical (unpaired) electrons. The summed E-state index contributed by atoms with van der Waals surface area (Å²) in [6, 6.07) is 12.8. The second kappa shape index (κ2) is 11.8. The molecule has 0 unspecified atom stereocenters. The second-order valence-electron chi connectivity index (χ2n) is 7.13. The summed E-state index contributed by atoms with van der Waals surface area (Å²) in [5, 5.41) is 6.93. The molecule has 2 heterocycles. The van der Waals surface area contributed by atoms with Crippen molar-refractivity contribution in [3.05, 3.63) is 75.4 Å². The summed E-state index contributed by atoms with van der Waals surface area (Å²) in [6.45, 7) is 2.50. The number of ether oxygens (including phenoxy) is 1. The van der Waals surface area contributed by atoms with Gasteiger partial charge in [-0.1, -0.05) is 29.8 Å². The summed E-state index contributed by atoms with van der Waals surface area (Å²) >= 11 is 10.3. The van der Waals surface area contributed by atoms with Gasteiger partial charge in [-0.25, -0.2) is 4.98 Å². The first-order valence-electron chi connectivity index (χ1n) is 10.3. The molecule has 1 fully saturated rings. The van der Waals surface area contributed by atoms with Crippen LogP contribution in [0.2, 0.25) is 5.02 Å². The number of nitrogens with zero attached hydrogens (tertiary/aromatic N) is 2. The van der Waals surface area contributed by atoms with Crippen molar-refractivity contribution in [3.63, 3.8) is 0 Å². The summed E-state index contributed by atoms with van der Waals surface area (Å²) in [6.07, 6.45) is 7.87. The van der Waals surface area contributed by atoms with Gasteiger partial charge in [0.15, 0.2) is 0 Å². The third-order valence-electron chi connectivity index (χ3n) is 4.97. The van der Waals surface area contributed by atoms with E-state index in [1.54, 1.807) is 38.4 Å². The molecule has 0 atom stereocenters. The molecule has 0 aliphatic carbocycles. The van der Waals surface area contributed by atoms with Gasteiger partial charge in [-0.3, -0.25) is 9.36 Å². The number of hydrogen-bond acceptors (Lipinski definition) is 6. The SMILES string of the molecule is C1CCNC1.CNc1ccc(-n2cnc(/C=C/c3ccc(Cl)cc3)c(S)c2=O)cc1OC. The number of halogens is 1. The standard InChI is InChI=1S/C20H18ClN3O2S.C4H9N/c1-22-16-10-8-15(11-18(16)26-2)24-12-23-17(19(27)20(24)25)9-5-13-3-6-14(21)7-4-13;1-2-4-5-3-1/h3-12,22,27H,1-2H3;5H,1-4H2/b9-5+;. The van der Waals surface area contributed by atoms with Crippen LogP contribution in [0, 0.1) is 0 Å². The predicted octanol–water partition coefficient (Wildman–Crippen LogP) is 4.77. The van der Waals surface area contributed by atoms with E-state index in [2.05, 4.69) is 28.2 Å². The highest BCUT2D eigenvalue weighted by atomic mass is 35.5. The minimum Gasteiger partial charge on any atom is -0.495 e. The molecule has 4 rings (SSSR count). The summed E-state index contributed by atoms with van der Waals surface area (Å²) in [7, 11) is 3.38. The maximum atomic E-state index is 12.7. The molecule has 2 aromatic carbocycles. The van der Waals surface area contributed by atoms with Crippen LogP contribution in [-0.2, 0) is 0 Å². The number of anilines is 1. The number of aromatic nitrogens is 2. The van der Waals surface area contributed by atoms with Gasteiger partial charge in [0.1, 0.15) is 12.1 Å². The molecule has 1 aliphatic rings. The Hall–Kier alpha value is -2.74. The molecule has 0 bridgehead atoms. The Morgan fingerprint density at radius 1 is 1.16 bits per heavy atom. The van der Waals surface area contributed by atoms with Crippen LogP contribution in [-0.4, -0.2) is 36.8 Å². The number of hydrogen-bond donors (Lipinski definition) is 3. The van der Waals surface area contributed by atoms with E-state index < -0.39 is 0 Å². The maximum absolute atomic E-state index is 12.7. The van der Waals surface area contributed by atoms with E-state index >= 15 is 0 Å². The Labute approximate surface area is 198 Å². The normalized spacial score (nSPS) is 13.0. The number of benzene rings is 2. The fraction of sp³-hybridized carbons (Fsp3) is 0.250. The first-order valence-corrected chi connectivity index (χ1v) is 11.2. The molecule has 1 aliphatic heterocycles. The van der Waals surface area contributed by atoms with Crippen molar-refractivity contribution in [1.82, 2.24) is 14.9 Å². The Kier molecular flexibility index (Phi) is 8.79. The summed E-state index contributed by atoms with van der Waals surface area (Å²) in [5.41, 5.74) is 2.66. The van der Waals surface area contributed by atoms with Crippen molar-refractivity contribution < 1.29 is 4.74 Å². The van der Waals surface area contributed by atoms with Crippen molar-refractivity contribution in [1.29, 1.82) is 0 Å². The molecular formula is C24H27ClN4O2S. The molecule has 1 saturated heterocycles.